The fourth-order valence-corrected chi connectivity index (χ4v) is 3.11. The highest BCUT2D eigenvalue weighted by molar-refractivity contribution is 6.05. The molecule has 0 radical (unpaired) electrons. The highest BCUT2D eigenvalue weighted by atomic mass is 16.7. The smallest absolute Gasteiger partial charge is 0.310 e. The maximum atomic E-state index is 12.8. The molecule has 176 valence electrons. The zero-order valence-corrected chi connectivity index (χ0v) is 18.0. The van der Waals surface area contributed by atoms with Crippen LogP contribution >= 0.6 is 0 Å². The molecule has 11 heteroatoms. The molecule has 1 heterocycles. The number of amides is 2. The molecular weight excluding hydrogens is 456 g/mol. The Labute approximate surface area is 198 Å². The Morgan fingerprint density at radius 1 is 1.00 bits per heavy atom. The molecule has 11 nitrogen and oxygen atoms in total. The molecule has 0 fully saturated rings. The SMILES string of the molecule is O=C(NN=Cc1ccc([N+](=O)[O-])c(O)c1)C(=Cc1ccc2c(c1)OCO2)NC(=O)c1ccccc1. The maximum Gasteiger partial charge on any atom is 0.310 e. The predicted molar refractivity (Wildman–Crippen MR) is 125 cm³/mol. The standard InChI is InChI=1S/C24H18N4O7/c29-20-11-16(6-8-19(20)28(32)33)13-25-27-24(31)18(26-23(30)17-4-2-1-3-5-17)10-15-7-9-21-22(12-15)35-14-34-21/h1-13,29H,14H2,(H,26,30)(H,27,31). The number of phenolic OH excluding ortho intramolecular Hbond substituents is 1. The van der Waals surface area contributed by atoms with Gasteiger partial charge in [0.25, 0.3) is 11.8 Å². The number of nitrogens with zero attached hydrogens (tertiary/aromatic N) is 2. The van der Waals surface area contributed by atoms with Crippen molar-refractivity contribution in [1.29, 1.82) is 0 Å². The summed E-state index contributed by atoms with van der Waals surface area (Å²) in [4.78, 5) is 35.6. The average molecular weight is 474 g/mol. The first-order valence-electron chi connectivity index (χ1n) is 10.2. The van der Waals surface area contributed by atoms with E-state index in [9.17, 15) is 24.8 Å². The van der Waals surface area contributed by atoms with Crippen LogP contribution in [0.4, 0.5) is 5.69 Å². The van der Waals surface area contributed by atoms with E-state index in [0.29, 0.717) is 28.2 Å². The fourth-order valence-electron chi connectivity index (χ4n) is 3.11. The number of nitro groups is 1. The number of carbonyl (C=O) groups is 2. The van der Waals surface area contributed by atoms with Gasteiger partial charge in [0.1, 0.15) is 5.70 Å². The van der Waals surface area contributed by atoms with Gasteiger partial charge in [-0.3, -0.25) is 19.7 Å². The molecule has 0 spiro atoms. The Hall–Kier alpha value is -5.19. The largest absolute Gasteiger partial charge is 0.502 e. The summed E-state index contributed by atoms with van der Waals surface area (Å²) >= 11 is 0. The zero-order chi connectivity index (χ0) is 24.8. The monoisotopic (exact) mass is 474 g/mol. The molecule has 0 saturated heterocycles. The van der Waals surface area contributed by atoms with E-state index in [1.807, 2.05) is 0 Å². The van der Waals surface area contributed by atoms with E-state index in [1.54, 1.807) is 48.5 Å². The molecule has 2 amide bonds. The molecule has 3 aromatic rings. The van der Waals surface area contributed by atoms with Crippen LogP contribution in [-0.4, -0.2) is 34.9 Å². The number of ether oxygens (including phenoxy) is 2. The Balaban J connectivity index is 1.54. The third-order valence-corrected chi connectivity index (χ3v) is 4.81. The van der Waals surface area contributed by atoms with Crippen molar-refractivity contribution in [3.63, 3.8) is 0 Å². The van der Waals surface area contributed by atoms with E-state index >= 15 is 0 Å². The number of fused-ring (bicyclic) bond motifs is 1. The van der Waals surface area contributed by atoms with E-state index in [0.717, 1.165) is 12.1 Å². The van der Waals surface area contributed by atoms with E-state index in [1.165, 1.54) is 18.4 Å². The van der Waals surface area contributed by atoms with Gasteiger partial charge in [-0.15, -0.1) is 0 Å². The van der Waals surface area contributed by atoms with Crippen molar-refractivity contribution >= 4 is 29.8 Å². The van der Waals surface area contributed by atoms with Gasteiger partial charge in [0.05, 0.1) is 11.1 Å². The minimum absolute atomic E-state index is 0.0908. The number of nitrogens with one attached hydrogen (secondary N) is 2. The van der Waals surface area contributed by atoms with E-state index < -0.39 is 28.2 Å². The average Bonchev–Trinajstić information content (AvgIpc) is 3.32. The predicted octanol–water partition coefficient (Wildman–Crippen LogP) is 2.95. The van der Waals surface area contributed by atoms with Crippen molar-refractivity contribution in [2.24, 2.45) is 5.10 Å². The van der Waals surface area contributed by atoms with Gasteiger partial charge in [-0.05, 0) is 53.6 Å². The number of hydrazone groups is 1. The van der Waals surface area contributed by atoms with Crippen molar-refractivity contribution < 1.29 is 29.1 Å². The Morgan fingerprint density at radius 3 is 2.49 bits per heavy atom. The second kappa shape index (κ2) is 10.2. The van der Waals surface area contributed by atoms with Crippen LogP contribution in [0.5, 0.6) is 17.2 Å². The number of hydrogen-bond acceptors (Lipinski definition) is 8. The van der Waals surface area contributed by atoms with Crippen LogP contribution in [0.25, 0.3) is 6.08 Å². The summed E-state index contributed by atoms with van der Waals surface area (Å²) in [5.41, 5.74) is 2.97. The van der Waals surface area contributed by atoms with Gasteiger partial charge in [0.2, 0.25) is 6.79 Å². The molecule has 0 aromatic heterocycles. The maximum absolute atomic E-state index is 12.8. The Kier molecular flexibility index (Phi) is 6.68. The third-order valence-electron chi connectivity index (χ3n) is 4.81. The minimum Gasteiger partial charge on any atom is -0.502 e. The van der Waals surface area contributed by atoms with Crippen LogP contribution in [0.2, 0.25) is 0 Å². The summed E-state index contributed by atoms with van der Waals surface area (Å²) in [5.74, 6) is -0.698. The second-order valence-corrected chi connectivity index (χ2v) is 7.20. The van der Waals surface area contributed by atoms with Crippen LogP contribution in [0.15, 0.2) is 77.5 Å². The van der Waals surface area contributed by atoms with E-state index in [4.69, 9.17) is 9.47 Å². The third kappa shape index (κ3) is 5.60. The van der Waals surface area contributed by atoms with Crippen LogP contribution in [0.3, 0.4) is 0 Å². The number of hydrogen-bond donors (Lipinski definition) is 3. The summed E-state index contributed by atoms with van der Waals surface area (Å²) in [6.07, 6.45) is 2.64. The quantitative estimate of drug-likeness (QED) is 0.206. The number of aromatic hydroxyl groups is 1. The number of phenols is 1. The van der Waals surface area contributed by atoms with Crippen LogP contribution in [0, 0.1) is 10.1 Å². The molecule has 3 aromatic carbocycles. The molecule has 0 unspecified atom stereocenters. The van der Waals surface area contributed by atoms with Crippen LogP contribution < -0.4 is 20.2 Å². The summed E-state index contributed by atoms with van der Waals surface area (Å²) in [6, 6.07) is 17.0. The van der Waals surface area contributed by atoms with Gasteiger partial charge < -0.3 is 19.9 Å². The van der Waals surface area contributed by atoms with Crippen molar-refractivity contribution in [3.8, 4) is 17.2 Å². The lowest BCUT2D eigenvalue weighted by Gasteiger charge is -2.09. The minimum atomic E-state index is -0.727. The molecule has 1 aliphatic rings. The van der Waals surface area contributed by atoms with E-state index in [2.05, 4.69) is 15.8 Å². The number of benzene rings is 3. The van der Waals surface area contributed by atoms with Gasteiger partial charge in [-0.1, -0.05) is 24.3 Å². The molecule has 35 heavy (non-hydrogen) atoms. The van der Waals surface area contributed by atoms with E-state index in [-0.39, 0.29) is 12.5 Å². The van der Waals surface area contributed by atoms with Crippen molar-refractivity contribution in [2.75, 3.05) is 6.79 Å². The molecule has 0 aliphatic carbocycles. The van der Waals surface area contributed by atoms with Gasteiger partial charge in [-0.25, -0.2) is 5.43 Å². The molecule has 3 N–H and O–H groups in total. The Morgan fingerprint density at radius 2 is 1.74 bits per heavy atom. The van der Waals surface area contributed by atoms with Crippen LogP contribution in [-0.2, 0) is 4.79 Å². The fraction of sp³-hybridized carbons (Fsp3) is 0.0417. The van der Waals surface area contributed by atoms with Crippen molar-refractivity contribution in [1.82, 2.24) is 10.7 Å². The first kappa shape index (κ1) is 23.0. The lowest BCUT2D eigenvalue weighted by atomic mass is 10.1. The highest BCUT2D eigenvalue weighted by Gasteiger charge is 2.17. The summed E-state index contributed by atoms with van der Waals surface area (Å²) < 4.78 is 10.6. The summed E-state index contributed by atoms with van der Waals surface area (Å²) in [6.45, 7) is 0.0908. The van der Waals surface area contributed by atoms with Gasteiger partial charge in [-0.2, -0.15) is 5.10 Å². The molecule has 1 aliphatic heterocycles. The van der Waals surface area contributed by atoms with Crippen molar-refractivity contribution in [3.05, 3.63) is 99.2 Å². The van der Waals surface area contributed by atoms with Crippen molar-refractivity contribution in [2.45, 2.75) is 0 Å². The van der Waals surface area contributed by atoms with Gasteiger partial charge in [0, 0.05) is 11.6 Å². The molecule has 0 saturated carbocycles. The summed E-state index contributed by atoms with van der Waals surface area (Å²) in [5, 5.41) is 26.9. The molecule has 4 rings (SSSR count). The highest BCUT2D eigenvalue weighted by Crippen LogP contribution is 2.33. The zero-order valence-electron chi connectivity index (χ0n) is 18.0. The first-order chi connectivity index (χ1) is 16.9. The molecule has 0 bridgehead atoms. The second-order valence-electron chi connectivity index (χ2n) is 7.20. The summed E-state index contributed by atoms with van der Waals surface area (Å²) in [7, 11) is 0. The topological polar surface area (TPSA) is 152 Å². The number of carbonyl (C=O) groups excluding carboxylic acids is 2. The molecule has 0 atom stereocenters. The lowest BCUT2D eigenvalue weighted by molar-refractivity contribution is -0.385. The number of nitro benzene ring substituents is 1. The van der Waals surface area contributed by atoms with Gasteiger partial charge >= 0.3 is 5.69 Å². The van der Waals surface area contributed by atoms with Crippen LogP contribution in [0.1, 0.15) is 21.5 Å². The lowest BCUT2D eigenvalue weighted by Crippen LogP contribution is -2.32. The Bertz CT molecular complexity index is 1350. The molecular formula is C24H18N4O7. The first-order valence-corrected chi connectivity index (χ1v) is 10.2. The normalized spacial score (nSPS) is 12.4. The number of rotatable bonds is 7. The van der Waals surface area contributed by atoms with Gasteiger partial charge in [0.15, 0.2) is 17.2 Å².